The summed E-state index contributed by atoms with van der Waals surface area (Å²) < 4.78 is 0.957. The van der Waals surface area contributed by atoms with Crippen molar-refractivity contribution >= 4 is 38.9 Å². The van der Waals surface area contributed by atoms with Gasteiger partial charge in [-0.05, 0) is 42.5 Å². The number of rotatable bonds is 2. The molecule has 2 aromatic rings. The second-order valence-electron chi connectivity index (χ2n) is 3.44. The quantitative estimate of drug-likeness (QED) is 0.871. The highest BCUT2D eigenvalue weighted by atomic mass is 79.9. The van der Waals surface area contributed by atoms with Gasteiger partial charge in [-0.1, -0.05) is 27.5 Å². The van der Waals surface area contributed by atoms with Crippen LogP contribution in [0.2, 0.25) is 5.02 Å². The van der Waals surface area contributed by atoms with Gasteiger partial charge in [0, 0.05) is 10.2 Å². The molecule has 0 amide bonds. The van der Waals surface area contributed by atoms with Crippen molar-refractivity contribution in [1.29, 1.82) is 5.26 Å². The summed E-state index contributed by atoms with van der Waals surface area (Å²) in [5, 5.41) is 12.5. The summed E-state index contributed by atoms with van der Waals surface area (Å²) in [5.74, 6) is 0. The molecule has 0 spiro atoms. The van der Waals surface area contributed by atoms with Crippen LogP contribution in [0, 0.1) is 11.3 Å². The number of anilines is 2. The van der Waals surface area contributed by atoms with E-state index in [1.807, 2.05) is 30.3 Å². The number of nitriles is 1. The van der Waals surface area contributed by atoms with Crippen molar-refractivity contribution in [2.45, 2.75) is 0 Å². The van der Waals surface area contributed by atoms with Crippen molar-refractivity contribution in [2.75, 3.05) is 5.32 Å². The van der Waals surface area contributed by atoms with Gasteiger partial charge in [-0.2, -0.15) is 5.26 Å². The number of nitrogens with one attached hydrogen (secondary N) is 1. The Bertz CT molecular complexity index is 573. The summed E-state index contributed by atoms with van der Waals surface area (Å²) in [6.45, 7) is 0. The van der Waals surface area contributed by atoms with Crippen LogP contribution in [0.15, 0.2) is 46.9 Å². The lowest BCUT2D eigenvalue weighted by molar-refractivity contribution is 1.47. The first kappa shape index (κ1) is 12.0. The van der Waals surface area contributed by atoms with E-state index in [4.69, 9.17) is 16.9 Å². The predicted molar refractivity (Wildman–Crippen MR) is 73.6 cm³/mol. The van der Waals surface area contributed by atoms with Gasteiger partial charge in [-0.15, -0.1) is 0 Å². The molecule has 0 radical (unpaired) electrons. The van der Waals surface area contributed by atoms with Crippen molar-refractivity contribution in [3.05, 3.63) is 57.5 Å². The maximum absolute atomic E-state index is 8.70. The van der Waals surface area contributed by atoms with Gasteiger partial charge in [0.1, 0.15) is 0 Å². The number of hydrogen-bond donors (Lipinski definition) is 1. The normalized spacial score (nSPS) is 9.71. The Balaban J connectivity index is 2.25. The third-order valence-corrected chi connectivity index (χ3v) is 3.04. The van der Waals surface area contributed by atoms with Gasteiger partial charge >= 0.3 is 0 Å². The molecule has 0 fully saturated rings. The van der Waals surface area contributed by atoms with Crippen LogP contribution in [-0.2, 0) is 0 Å². The molecule has 0 aliphatic carbocycles. The van der Waals surface area contributed by atoms with Gasteiger partial charge in [-0.3, -0.25) is 0 Å². The smallest absolute Gasteiger partial charge is 0.0991 e. The van der Waals surface area contributed by atoms with Crippen molar-refractivity contribution in [3.63, 3.8) is 0 Å². The van der Waals surface area contributed by atoms with E-state index in [0.717, 1.165) is 15.8 Å². The molecule has 2 rings (SSSR count). The largest absolute Gasteiger partial charge is 0.354 e. The second kappa shape index (κ2) is 5.22. The summed E-state index contributed by atoms with van der Waals surface area (Å²) in [6, 6.07) is 14.9. The highest BCUT2D eigenvalue weighted by molar-refractivity contribution is 9.10. The molecule has 0 heterocycles. The van der Waals surface area contributed by atoms with Crippen LogP contribution < -0.4 is 5.32 Å². The zero-order valence-corrected chi connectivity index (χ0v) is 11.1. The van der Waals surface area contributed by atoms with E-state index < -0.39 is 0 Å². The third-order valence-electron chi connectivity index (χ3n) is 2.22. The highest BCUT2D eigenvalue weighted by Crippen LogP contribution is 2.28. The van der Waals surface area contributed by atoms with Crippen LogP contribution in [0.4, 0.5) is 11.4 Å². The minimum atomic E-state index is 0.635. The van der Waals surface area contributed by atoms with E-state index in [1.54, 1.807) is 12.1 Å². The lowest BCUT2D eigenvalue weighted by Crippen LogP contribution is -1.91. The predicted octanol–water partition coefficient (Wildman–Crippen LogP) is 4.72. The minimum Gasteiger partial charge on any atom is -0.354 e. The standard InChI is InChI=1S/C13H8BrClN2/c14-10-3-6-12(15)13(7-10)17-11-4-1-9(8-16)2-5-11/h1-7,17H. The van der Waals surface area contributed by atoms with Crippen LogP contribution in [-0.4, -0.2) is 0 Å². The van der Waals surface area contributed by atoms with E-state index in [-0.39, 0.29) is 0 Å². The topological polar surface area (TPSA) is 35.8 Å². The number of halogens is 2. The molecule has 0 aromatic heterocycles. The van der Waals surface area contributed by atoms with E-state index >= 15 is 0 Å². The Labute approximate surface area is 113 Å². The zero-order valence-electron chi connectivity index (χ0n) is 8.74. The SMILES string of the molecule is N#Cc1ccc(Nc2cc(Br)ccc2Cl)cc1. The summed E-state index contributed by atoms with van der Waals surface area (Å²) in [6.07, 6.45) is 0. The Morgan fingerprint density at radius 3 is 2.47 bits per heavy atom. The second-order valence-corrected chi connectivity index (χ2v) is 4.76. The van der Waals surface area contributed by atoms with Gasteiger partial charge in [0.15, 0.2) is 0 Å². The summed E-state index contributed by atoms with van der Waals surface area (Å²) in [4.78, 5) is 0. The Morgan fingerprint density at radius 1 is 1.12 bits per heavy atom. The lowest BCUT2D eigenvalue weighted by atomic mass is 10.2. The highest BCUT2D eigenvalue weighted by Gasteiger charge is 2.01. The van der Waals surface area contributed by atoms with Crippen molar-refractivity contribution in [1.82, 2.24) is 0 Å². The van der Waals surface area contributed by atoms with E-state index in [0.29, 0.717) is 10.6 Å². The molecule has 17 heavy (non-hydrogen) atoms. The molecular formula is C13H8BrClN2. The fourth-order valence-electron chi connectivity index (χ4n) is 1.38. The van der Waals surface area contributed by atoms with Gasteiger partial charge in [0.05, 0.1) is 22.3 Å². The number of benzene rings is 2. The van der Waals surface area contributed by atoms with Crippen molar-refractivity contribution < 1.29 is 0 Å². The van der Waals surface area contributed by atoms with Crippen molar-refractivity contribution in [3.8, 4) is 6.07 Å². The number of hydrogen-bond acceptors (Lipinski definition) is 2. The molecule has 2 nitrogen and oxygen atoms in total. The zero-order chi connectivity index (χ0) is 12.3. The first-order chi connectivity index (χ1) is 8.19. The van der Waals surface area contributed by atoms with E-state index in [2.05, 4.69) is 27.3 Å². The van der Waals surface area contributed by atoms with Crippen LogP contribution >= 0.6 is 27.5 Å². The van der Waals surface area contributed by atoms with Gasteiger partial charge in [0.2, 0.25) is 0 Å². The first-order valence-electron chi connectivity index (χ1n) is 4.91. The molecule has 84 valence electrons. The fraction of sp³-hybridized carbons (Fsp3) is 0. The molecule has 0 bridgehead atoms. The van der Waals surface area contributed by atoms with Gasteiger partial charge in [-0.25, -0.2) is 0 Å². The van der Waals surface area contributed by atoms with Crippen LogP contribution in [0.1, 0.15) is 5.56 Å². The van der Waals surface area contributed by atoms with Crippen molar-refractivity contribution in [2.24, 2.45) is 0 Å². The lowest BCUT2D eigenvalue weighted by Gasteiger charge is -2.08. The number of nitrogens with zero attached hydrogens (tertiary/aromatic N) is 1. The van der Waals surface area contributed by atoms with Crippen LogP contribution in [0.3, 0.4) is 0 Å². The monoisotopic (exact) mass is 306 g/mol. The van der Waals surface area contributed by atoms with E-state index in [1.165, 1.54) is 0 Å². The maximum Gasteiger partial charge on any atom is 0.0991 e. The Kier molecular flexibility index (Phi) is 3.68. The summed E-state index contributed by atoms with van der Waals surface area (Å²) in [5.41, 5.74) is 2.35. The van der Waals surface area contributed by atoms with Crippen LogP contribution in [0.25, 0.3) is 0 Å². The summed E-state index contributed by atoms with van der Waals surface area (Å²) in [7, 11) is 0. The van der Waals surface area contributed by atoms with Gasteiger partial charge in [0.25, 0.3) is 0 Å². The molecule has 0 aliphatic heterocycles. The fourth-order valence-corrected chi connectivity index (χ4v) is 1.90. The molecule has 0 saturated carbocycles. The molecule has 1 N–H and O–H groups in total. The molecule has 0 unspecified atom stereocenters. The summed E-state index contributed by atoms with van der Waals surface area (Å²) >= 11 is 9.46. The average Bonchev–Trinajstić information content (AvgIpc) is 2.35. The average molecular weight is 308 g/mol. The Hall–Kier alpha value is -1.50. The third kappa shape index (κ3) is 3.00. The molecule has 0 aliphatic rings. The first-order valence-corrected chi connectivity index (χ1v) is 6.08. The molecule has 0 saturated heterocycles. The molecule has 0 atom stereocenters. The van der Waals surface area contributed by atoms with Gasteiger partial charge < -0.3 is 5.32 Å². The minimum absolute atomic E-state index is 0.635. The van der Waals surface area contributed by atoms with E-state index in [9.17, 15) is 0 Å². The molecular weight excluding hydrogens is 300 g/mol. The Morgan fingerprint density at radius 2 is 1.82 bits per heavy atom. The van der Waals surface area contributed by atoms with Crippen LogP contribution in [0.5, 0.6) is 0 Å². The maximum atomic E-state index is 8.70. The molecule has 2 aromatic carbocycles. The molecule has 4 heteroatoms.